The van der Waals surface area contributed by atoms with Crippen LogP contribution < -0.4 is 11.1 Å². The van der Waals surface area contributed by atoms with Gasteiger partial charge < -0.3 is 16.2 Å². The standard InChI is InChI=1S/C15H22N2O3/c1-2-6-12(16)14(18)17-13(15(19)20)10-9-11-7-4-3-5-8-11/h3-5,7-8,12-13H,2,6,9-10,16H2,1H3,(H,17,18)(H,19,20)/t12-,13-/m0/s1. The van der Waals surface area contributed by atoms with Crippen molar-refractivity contribution < 1.29 is 14.7 Å². The van der Waals surface area contributed by atoms with Crippen LogP contribution in [-0.2, 0) is 16.0 Å². The van der Waals surface area contributed by atoms with Crippen molar-refractivity contribution in [1.82, 2.24) is 5.32 Å². The molecule has 4 N–H and O–H groups in total. The summed E-state index contributed by atoms with van der Waals surface area (Å²) < 4.78 is 0. The lowest BCUT2D eigenvalue weighted by atomic mass is 10.0. The molecule has 5 heteroatoms. The SMILES string of the molecule is CCC[C@H](N)C(=O)N[C@@H](CCc1ccccc1)C(=O)O. The number of nitrogens with one attached hydrogen (secondary N) is 1. The van der Waals surface area contributed by atoms with Crippen LogP contribution in [0.5, 0.6) is 0 Å². The van der Waals surface area contributed by atoms with Crippen LogP contribution in [0.2, 0.25) is 0 Å². The summed E-state index contributed by atoms with van der Waals surface area (Å²) in [6.45, 7) is 1.93. The molecule has 1 aromatic carbocycles. The van der Waals surface area contributed by atoms with Gasteiger partial charge in [-0.1, -0.05) is 43.7 Å². The molecule has 0 aliphatic carbocycles. The van der Waals surface area contributed by atoms with E-state index in [9.17, 15) is 9.59 Å². The highest BCUT2D eigenvalue weighted by atomic mass is 16.4. The average Bonchev–Trinajstić information content (AvgIpc) is 2.44. The summed E-state index contributed by atoms with van der Waals surface area (Å²) in [6.07, 6.45) is 2.29. The van der Waals surface area contributed by atoms with E-state index in [0.717, 1.165) is 12.0 Å². The largest absolute Gasteiger partial charge is 0.480 e. The molecule has 0 bridgehead atoms. The molecule has 5 nitrogen and oxygen atoms in total. The first-order chi connectivity index (χ1) is 9.54. The maximum absolute atomic E-state index is 11.8. The third-order valence-corrected chi connectivity index (χ3v) is 3.12. The number of nitrogens with two attached hydrogens (primary N) is 1. The van der Waals surface area contributed by atoms with E-state index in [4.69, 9.17) is 10.8 Å². The highest BCUT2D eigenvalue weighted by Gasteiger charge is 2.22. The van der Waals surface area contributed by atoms with Crippen LogP contribution >= 0.6 is 0 Å². The predicted octanol–water partition coefficient (Wildman–Crippen LogP) is 1.32. The number of carbonyl (C=O) groups excluding carboxylic acids is 1. The molecule has 0 aliphatic rings. The number of rotatable bonds is 8. The van der Waals surface area contributed by atoms with Gasteiger partial charge in [-0.2, -0.15) is 0 Å². The quantitative estimate of drug-likeness (QED) is 0.668. The molecule has 0 heterocycles. The average molecular weight is 278 g/mol. The molecule has 0 aliphatic heterocycles. The molecule has 0 radical (unpaired) electrons. The number of hydrogen-bond acceptors (Lipinski definition) is 3. The molecular weight excluding hydrogens is 256 g/mol. The minimum absolute atomic E-state index is 0.351. The number of carbonyl (C=O) groups is 2. The smallest absolute Gasteiger partial charge is 0.326 e. The van der Waals surface area contributed by atoms with E-state index in [1.54, 1.807) is 0 Å². The maximum atomic E-state index is 11.8. The molecule has 0 fully saturated rings. The topological polar surface area (TPSA) is 92.4 Å². The van der Waals surface area contributed by atoms with Crippen LogP contribution in [0.3, 0.4) is 0 Å². The summed E-state index contributed by atoms with van der Waals surface area (Å²) in [4.78, 5) is 22.9. The van der Waals surface area contributed by atoms with Crippen molar-refractivity contribution in [3.63, 3.8) is 0 Å². The van der Waals surface area contributed by atoms with Crippen molar-refractivity contribution in [3.8, 4) is 0 Å². The second-order valence-corrected chi connectivity index (χ2v) is 4.82. The van der Waals surface area contributed by atoms with Gasteiger partial charge in [0.25, 0.3) is 0 Å². The lowest BCUT2D eigenvalue weighted by Crippen LogP contribution is -2.48. The summed E-state index contributed by atoms with van der Waals surface area (Å²) in [6, 6.07) is 8.04. The minimum atomic E-state index is -1.03. The van der Waals surface area contributed by atoms with E-state index < -0.39 is 24.0 Å². The Kier molecular flexibility index (Phi) is 6.73. The lowest BCUT2D eigenvalue weighted by molar-refractivity contribution is -0.142. The minimum Gasteiger partial charge on any atom is -0.480 e. The fourth-order valence-corrected chi connectivity index (χ4v) is 1.93. The highest BCUT2D eigenvalue weighted by molar-refractivity contribution is 5.86. The van der Waals surface area contributed by atoms with Crippen molar-refractivity contribution in [3.05, 3.63) is 35.9 Å². The van der Waals surface area contributed by atoms with Crippen molar-refractivity contribution in [1.29, 1.82) is 0 Å². The summed E-state index contributed by atoms with van der Waals surface area (Å²) in [5.74, 6) is -1.43. The van der Waals surface area contributed by atoms with Crippen molar-refractivity contribution in [2.75, 3.05) is 0 Å². The van der Waals surface area contributed by atoms with Crippen molar-refractivity contribution in [2.45, 2.75) is 44.7 Å². The molecule has 1 rings (SSSR count). The first-order valence-corrected chi connectivity index (χ1v) is 6.87. The van der Waals surface area contributed by atoms with E-state index in [0.29, 0.717) is 19.3 Å². The molecular formula is C15H22N2O3. The van der Waals surface area contributed by atoms with Crippen LogP contribution in [0.25, 0.3) is 0 Å². The molecule has 0 spiro atoms. The number of hydrogen-bond donors (Lipinski definition) is 3. The van der Waals surface area contributed by atoms with E-state index >= 15 is 0 Å². The maximum Gasteiger partial charge on any atom is 0.326 e. The van der Waals surface area contributed by atoms with E-state index in [2.05, 4.69) is 5.32 Å². The zero-order chi connectivity index (χ0) is 15.0. The molecule has 110 valence electrons. The lowest BCUT2D eigenvalue weighted by Gasteiger charge is -2.17. The third kappa shape index (κ3) is 5.40. The predicted molar refractivity (Wildman–Crippen MR) is 77.2 cm³/mol. The Bertz CT molecular complexity index is 434. The first kappa shape index (κ1) is 16.2. The van der Waals surface area contributed by atoms with Crippen molar-refractivity contribution in [2.24, 2.45) is 5.73 Å². The summed E-state index contributed by atoms with van der Waals surface area (Å²) in [5.41, 5.74) is 6.73. The van der Waals surface area contributed by atoms with E-state index in [-0.39, 0.29) is 0 Å². The van der Waals surface area contributed by atoms with Crippen molar-refractivity contribution >= 4 is 11.9 Å². The fraction of sp³-hybridized carbons (Fsp3) is 0.467. The van der Waals surface area contributed by atoms with Gasteiger partial charge in [0.05, 0.1) is 6.04 Å². The van der Waals surface area contributed by atoms with Gasteiger partial charge in [-0.15, -0.1) is 0 Å². The normalized spacial score (nSPS) is 13.5. The Hall–Kier alpha value is -1.88. The second kappa shape index (κ2) is 8.32. The number of aliphatic carboxylic acids is 1. The third-order valence-electron chi connectivity index (χ3n) is 3.12. The van der Waals surface area contributed by atoms with Crippen LogP contribution in [0, 0.1) is 0 Å². The molecule has 0 aromatic heterocycles. The van der Waals surface area contributed by atoms with Crippen LogP contribution in [0.15, 0.2) is 30.3 Å². The van der Waals surface area contributed by atoms with Gasteiger partial charge in [0.2, 0.25) is 5.91 Å². The number of amides is 1. The summed E-state index contributed by atoms with van der Waals surface area (Å²) >= 11 is 0. The number of aryl methyl sites for hydroxylation is 1. The highest BCUT2D eigenvalue weighted by Crippen LogP contribution is 2.06. The van der Waals surface area contributed by atoms with Crippen LogP contribution in [-0.4, -0.2) is 29.1 Å². The summed E-state index contributed by atoms with van der Waals surface area (Å²) in [7, 11) is 0. The van der Waals surface area contributed by atoms with Gasteiger partial charge in [-0.05, 0) is 24.8 Å². The Morgan fingerprint density at radius 1 is 1.25 bits per heavy atom. The van der Waals surface area contributed by atoms with Gasteiger partial charge in [0, 0.05) is 0 Å². The Morgan fingerprint density at radius 2 is 1.90 bits per heavy atom. The second-order valence-electron chi connectivity index (χ2n) is 4.82. The zero-order valence-corrected chi connectivity index (χ0v) is 11.7. The number of benzene rings is 1. The van der Waals surface area contributed by atoms with E-state index in [1.165, 1.54) is 0 Å². The molecule has 0 unspecified atom stereocenters. The molecule has 0 saturated carbocycles. The summed E-state index contributed by atoms with van der Waals surface area (Å²) in [5, 5.41) is 11.7. The molecule has 1 amide bonds. The molecule has 0 saturated heterocycles. The van der Waals surface area contributed by atoms with E-state index in [1.807, 2.05) is 37.3 Å². The molecule has 20 heavy (non-hydrogen) atoms. The Labute approximate surface area is 119 Å². The molecule has 1 aromatic rings. The zero-order valence-electron chi connectivity index (χ0n) is 11.7. The van der Waals surface area contributed by atoms with Gasteiger partial charge >= 0.3 is 5.97 Å². The van der Waals surface area contributed by atoms with Gasteiger partial charge in [0.15, 0.2) is 0 Å². The fourth-order valence-electron chi connectivity index (χ4n) is 1.93. The number of carboxylic acids is 1. The van der Waals surface area contributed by atoms with Crippen LogP contribution in [0.1, 0.15) is 31.7 Å². The molecule has 2 atom stereocenters. The monoisotopic (exact) mass is 278 g/mol. The van der Waals surface area contributed by atoms with Gasteiger partial charge in [0.1, 0.15) is 6.04 Å². The van der Waals surface area contributed by atoms with Gasteiger partial charge in [-0.3, -0.25) is 4.79 Å². The Morgan fingerprint density at radius 3 is 2.45 bits per heavy atom. The first-order valence-electron chi connectivity index (χ1n) is 6.87. The van der Waals surface area contributed by atoms with Gasteiger partial charge in [-0.25, -0.2) is 4.79 Å². The van der Waals surface area contributed by atoms with Crippen LogP contribution in [0.4, 0.5) is 0 Å². The number of carboxylic acid groups (broad SMARTS) is 1. The Balaban J connectivity index is 2.52.